The van der Waals surface area contributed by atoms with E-state index in [1.807, 2.05) is 18.2 Å². The fourth-order valence-corrected chi connectivity index (χ4v) is 4.79. The average molecular weight is 531 g/mol. The predicted molar refractivity (Wildman–Crippen MR) is 136 cm³/mol. The maximum absolute atomic E-state index is 12.2. The van der Waals surface area contributed by atoms with Gasteiger partial charge in [-0.15, -0.1) is 0 Å². The van der Waals surface area contributed by atoms with Gasteiger partial charge in [-0.25, -0.2) is 0 Å². The summed E-state index contributed by atoms with van der Waals surface area (Å²) in [6, 6.07) is 13.8. The Hall–Kier alpha value is -2.21. The van der Waals surface area contributed by atoms with Gasteiger partial charge in [-0.1, -0.05) is 50.3 Å². The normalized spacial score (nSPS) is 16.3. The Morgan fingerprint density at radius 2 is 1.68 bits per heavy atom. The monoisotopic (exact) mass is 531 g/mol. The number of hydrogen-bond donors (Lipinski definition) is 0. The van der Waals surface area contributed by atoms with E-state index >= 15 is 0 Å². The Morgan fingerprint density at radius 1 is 0.971 bits per heavy atom. The number of fused-ring (bicyclic) bond motifs is 2. The summed E-state index contributed by atoms with van der Waals surface area (Å²) < 4.78 is 6.50. The smallest absolute Gasteiger partial charge is 0.137 e. The summed E-state index contributed by atoms with van der Waals surface area (Å²) in [7, 11) is 0. The molecule has 4 rings (SSSR count). The van der Waals surface area contributed by atoms with Crippen molar-refractivity contribution in [2.75, 3.05) is 31.1 Å². The van der Waals surface area contributed by atoms with E-state index in [0.29, 0.717) is 5.56 Å². The van der Waals surface area contributed by atoms with E-state index in [-0.39, 0.29) is 38.8 Å². The van der Waals surface area contributed by atoms with Crippen molar-refractivity contribution in [1.29, 1.82) is 0 Å². The van der Waals surface area contributed by atoms with Crippen molar-refractivity contribution in [3.05, 3.63) is 94.4 Å². The predicted octanol–water partition coefficient (Wildman–Crippen LogP) is 6.08. The minimum atomic E-state index is -0.683. The van der Waals surface area contributed by atoms with Gasteiger partial charge in [0.15, 0.2) is 0 Å². The molecule has 1 unspecified atom stereocenters. The minimum absolute atomic E-state index is 0. The number of anilines is 1. The third-order valence-corrected chi connectivity index (χ3v) is 6.58. The zero-order valence-corrected chi connectivity index (χ0v) is 23.3. The topological polar surface area (TPSA) is 56.6 Å². The van der Waals surface area contributed by atoms with E-state index in [2.05, 4.69) is 73.9 Å². The van der Waals surface area contributed by atoms with Gasteiger partial charge in [-0.3, -0.25) is 4.90 Å². The van der Waals surface area contributed by atoms with E-state index in [4.69, 9.17) is 10.5 Å². The van der Waals surface area contributed by atoms with Crippen LogP contribution in [0.2, 0.25) is 0 Å². The molecular formula is C28H32N3O2Y-. The van der Waals surface area contributed by atoms with E-state index in [0.717, 1.165) is 65.6 Å². The summed E-state index contributed by atoms with van der Waals surface area (Å²) in [6.07, 6.45) is 6.47. The molecule has 1 radical (unpaired) electrons. The summed E-state index contributed by atoms with van der Waals surface area (Å²) in [6.45, 7) is 12.3. The minimum Gasteiger partial charge on any atom is -0.664 e. The molecule has 1 aliphatic carbocycles. The average Bonchev–Trinajstić information content (AvgIpc) is 2.84. The number of rotatable bonds is 8. The standard InChI is InChI=1S/C28H33N3O2.Y/c1-5-30(6-2)19-13-15-23-25(17-19)33-26-18-20(31(7-3)8-4)14-16-24(26)27(23)21-11-9-10-12-22(21)28(29)32;/h9-19H,5-8H2,1-4H3,(H2,29,32);/p-1. The van der Waals surface area contributed by atoms with Crippen LogP contribution in [-0.4, -0.2) is 43.0 Å². The van der Waals surface area contributed by atoms with Gasteiger partial charge in [-0.05, 0) is 50.7 Å². The SMILES string of the molecule is CCN(CC)c1ccc2c(c1)OC1=CC(N(CC)CC)C=CC1=C2c1ccccc1C([NH-])=O.[Y]. The van der Waals surface area contributed by atoms with Crippen molar-refractivity contribution in [3.63, 3.8) is 0 Å². The number of nitrogens with one attached hydrogen (secondary N) is 1. The molecule has 1 atom stereocenters. The first kappa shape index (κ1) is 26.4. The maximum atomic E-state index is 12.2. The molecule has 1 aliphatic heterocycles. The molecular weight excluding hydrogens is 499 g/mol. The number of ether oxygens (including phenoxy) is 1. The number of carbonyl (C=O) groups is 1. The van der Waals surface area contributed by atoms with Gasteiger partial charge in [0.2, 0.25) is 0 Å². The summed E-state index contributed by atoms with van der Waals surface area (Å²) in [5, 5.41) is 0. The molecule has 6 heteroatoms. The number of benzene rings is 2. The Morgan fingerprint density at radius 3 is 2.32 bits per heavy atom. The molecule has 0 saturated carbocycles. The van der Waals surface area contributed by atoms with E-state index in [9.17, 15) is 4.79 Å². The molecule has 1 amide bonds. The van der Waals surface area contributed by atoms with E-state index in [1.165, 1.54) is 0 Å². The van der Waals surface area contributed by atoms with Gasteiger partial charge >= 0.3 is 0 Å². The summed E-state index contributed by atoms with van der Waals surface area (Å²) in [4.78, 5) is 16.8. The molecule has 5 nitrogen and oxygen atoms in total. The van der Waals surface area contributed by atoms with Crippen LogP contribution >= 0.6 is 0 Å². The van der Waals surface area contributed by atoms with Gasteiger partial charge in [0.25, 0.3) is 0 Å². The number of hydrogen-bond acceptors (Lipinski definition) is 4. The largest absolute Gasteiger partial charge is 0.664 e. The van der Waals surface area contributed by atoms with Crippen LogP contribution in [0.3, 0.4) is 0 Å². The second kappa shape index (κ2) is 11.5. The van der Waals surface area contributed by atoms with Crippen molar-refractivity contribution in [1.82, 2.24) is 4.90 Å². The third kappa shape index (κ3) is 4.93. The fourth-order valence-electron chi connectivity index (χ4n) is 4.79. The van der Waals surface area contributed by atoms with E-state index < -0.39 is 5.91 Å². The zero-order valence-electron chi connectivity index (χ0n) is 20.5. The van der Waals surface area contributed by atoms with E-state index in [1.54, 1.807) is 6.07 Å². The molecule has 2 aliphatic rings. The first-order valence-electron chi connectivity index (χ1n) is 11.8. The summed E-state index contributed by atoms with van der Waals surface area (Å²) in [5.41, 5.74) is 13.0. The van der Waals surface area contributed by atoms with Crippen LogP contribution < -0.4 is 9.64 Å². The van der Waals surface area contributed by atoms with Crippen molar-refractivity contribution in [2.24, 2.45) is 0 Å². The number of allylic oxidation sites excluding steroid dienone is 1. The fraction of sp³-hybridized carbons (Fsp3) is 0.321. The maximum Gasteiger partial charge on any atom is 0.137 e. The summed E-state index contributed by atoms with van der Waals surface area (Å²) in [5.74, 6) is 0.906. The van der Waals surface area contributed by atoms with Gasteiger partial charge in [0, 0.05) is 79.8 Å². The first-order valence-corrected chi connectivity index (χ1v) is 11.8. The zero-order chi connectivity index (χ0) is 23.5. The number of nitrogens with zero attached hydrogens (tertiary/aromatic N) is 2. The second-order valence-electron chi connectivity index (χ2n) is 8.22. The van der Waals surface area contributed by atoms with Gasteiger partial charge in [0.05, 0.1) is 11.9 Å². The number of carbonyl (C=O) groups excluding carboxylic acids is 1. The van der Waals surface area contributed by atoms with Crippen LogP contribution in [0.25, 0.3) is 11.3 Å². The van der Waals surface area contributed by atoms with Crippen LogP contribution in [0.4, 0.5) is 5.69 Å². The van der Waals surface area contributed by atoms with Crippen molar-refractivity contribution >= 4 is 17.2 Å². The molecule has 175 valence electrons. The third-order valence-electron chi connectivity index (χ3n) is 6.58. The Labute approximate surface area is 228 Å². The molecule has 0 bridgehead atoms. The molecule has 2 aromatic carbocycles. The quantitative estimate of drug-likeness (QED) is 0.414. The molecule has 34 heavy (non-hydrogen) atoms. The molecule has 2 aromatic rings. The van der Waals surface area contributed by atoms with Gasteiger partial charge in [0.1, 0.15) is 11.5 Å². The van der Waals surface area contributed by atoms with Crippen LogP contribution in [0.5, 0.6) is 5.75 Å². The Bertz CT molecular complexity index is 1140. The molecule has 1 N–H and O–H groups in total. The van der Waals surface area contributed by atoms with Crippen molar-refractivity contribution in [3.8, 4) is 5.75 Å². The number of amides is 1. The second-order valence-corrected chi connectivity index (χ2v) is 8.22. The van der Waals surface area contributed by atoms with Gasteiger partial charge < -0.3 is 20.2 Å². The molecule has 0 fully saturated rings. The van der Waals surface area contributed by atoms with Crippen LogP contribution in [0.15, 0.2) is 72.0 Å². The van der Waals surface area contributed by atoms with Crippen LogP contribution in [0.1, 0.15) is 49.2 Å². The van der Waals surface area contributed by atoms with Gasteiger partial charge in [-0.2, -0.15) is 0 Å². The number of likely N-dealkylation sites (N-methyl/N-ethyl adjacent to an activating group) is 1. The van der Waals surface area contributed by atoms with Crippen LogP contribution in [0, 0.1) is 0 Å². The molecule has 0 aromatic heterocycles. The molecule has 0 saturated heterocycles. The molecule has 1 heterocycles. The van der Waals surface area contributed by atoms with Crippen LogP contribution in [-0.2, 0) is 32.7 Å². The summed E-state index contributed by atoms with van der Waals surface area (Å²) >= 11 is 0. The van der Waals surface area contributed by atoms with Crippen molar-refractivity contribution < 1.29 is 42.2 Å². The Kier molecular flexibility index (Phi) is 8.91. The molecule has 0 spiro atoms. The Balaban J connectivity index is 0.00000324. The first-order chi connectivity index (χ1) is 16.0. The van der Waals surface area contributed by atoms with Crippen molar-refractivity contribution in [2.45, 2.75) is 33.7 Å².